The number of likely N-dealkylation sites (N-methyl/N-ethyl adjacent to an activating group) is 1. The molecule has 1 aliphatic carbocycles. The molecule has 0 fully saturated rings. The van der Waals surface area contributed by atoms with E-state index in [9.17, 15) is 0 Å². The molecule has 3 unspecified atom stereocenters. The SMILES string of the molecule is CCC(CNC)n1cc(C2CC=C(Oc3ccccc3)CC2)c(C(C)N)c1/C=C\N. The minimum Gasteiger partial charge on any atom is -0.462 e. The topological polar surface area (TPSA) is 78.2 Å². The minimum absolute atomic E-state index is 0.0505. The third kappa shape index (κ3) is 4.97. The maximum absolute atomic E-state index is 6.47. The number of rotatable bonds is 9. The molecule has 162 valence electrons. The van der Waals surface area contributed by atoms with Crippen LogP contribution in [0.1, 0.15) is 74.4 Å². The van der Waals surface area contributed by atoms with Crippen LogP contribution in [0.2, 0.25) is 0 Å². The number of hydrogen-bond acceptors (Lipinski definition) is 4. The molecule has 0 bridgehead atoms. The van der Waals surface area contributed by atoms with Crippen LogP contribution in [0.5, 0.6) is 5.75 Å². The summed E-state index contributed by atoms with van der Waals surface area (Å²) in [4.78, 5) is 0. The van der Waals surface area contributed by atoms with E-state index >= 15 is 0 Å². The average molecular weight is 409 g/mol. The van der Waals surface area contributed by atoms with Gasteiger partial charge < -0.3 is 26.1 Å². The summed E-state index contributed by atoms with van der Waals surface area (Å²) >= 11 is 0. The largest absolute Gasteiger partial charge is 0.462 e. The molecule has 0 saturated carbocycles. The maximum Gasteiger partial charge on any atom is 0.126 e. The Balaban J connectivity index is 1.89. The van der Waals surface area contributed by atoms with Crippen LogP contribution in [-0.4, -0.2) is 18.2 Å². The van der Waals surface area contributed by atoms with Gasteiger partial charge in [-0.05, 0) is 80.8 Å². The first-order valence-electron chi connectivity index (χ1n) is 11.0. The Kier molecular flexibility index (Phi) is 7.77. The highest BCUT2D eigenvalue weighted by Crippen LogP contribution is 2.39. The summed E-state index contributed by atoms with van der Waals surface area (Å²) in [5.41, 5.74) is 16.0. The Labute approximate surface area is 180 Å². The van der Waals surface area contributed by atoms with Crippen molar-refractivity contribution in [2.24, 2.45) is 11.5 Å². The lowest BCUT2D eigenvalue weighted by molar-refractivity contribution is 0.373. The maximum atomic E-state index is 6.47. The number of allylic oxidation sites excluding steroid dienone is 2. The first kappa shape index (κ1) is 22.2. The van der Waals surface area contributed by atoms with Gasteiger partial charge in [-0.2, -0.15) is 0 Å². The number of para-hydroxylation sites is 1. The molecule has 30 heavy (non-hydrogen) atoms. The zero-order chi connectivity index (χ0) is 21.5. The second-order valence-corrected chi connectivity index (χ2v) is 8.12. The van der Waals surface area contributed by atoms with Gasteiger partial charge in [-0.1, -0.05) is 25.1 Å². The van der Waals surface area contributed by atoms with Gasteiger partial charge in [-0.25, -0.2) is 0 Å². The van der Waals surface area contributed by atoms with Gasteiger partial charge in [-0.3, -0.25) is 0 Å². The van der Waals surface area contributed by atoms with Crippen molar-refractivity contribution in [3.63, 3.8) is 0 Å². The second-order valence-electron chi connectivity index (χ2n) is 8.12. The Hall–Kier alpha value is -2.50. The summed E-state index contributed by atoms with van der Waals surface area (Å²) in [5, 5.41) is 3.32. The standard InChI is InChI=1S/C25H36N4O/c1-4-20(16-28-3)29-17-23(25(18(2)27)24(29)14-15-26)19-10-12-22(13-11-19)30-21-8-6-5-7-9-21/h5-9,12,14-15,17-20,28H,4,10-11,13,16,26-27H2,1-3H3/b15-14-. The fourth-order valence-corrected chi connectivity index (χ4v) is 4.47. The lowest BCUT2D eigenvalue weighted by Gasteiger charge is -2.23. The van der Waals surface area contributed by atoms with Crippen molar-refractivity contribution in [2.45, 2.75) is 57.5 Å². The van der Waals surface area contributed by atoms with E-state index in [2.05, 4.69) is 36.0 Å². The van der Waals surface area contributed by atoms with Crippen molar-refractivity contribution in [3.05, 3.63) is 71.4 Å². The quantitative estimate of drug-likeness (QED) is 0.555. The fourth-order valence-electron chi connectivity index (χ4n) is 4.47. The molecule has 2 aromatic rings. The van der Waals surface area contributed by atoms with Gasteiger partial charge in [0.1, 0.15) is 11.5 Å². The molecule has 5 N–H and O–H groups in total. The predicted molar refractivity (Wildman–Crippen MR) is 125 cm³/mol. The summed E-state index contributed by atoms with van der Waals surface area (Å²) in [6.45, 7) is 5.20. The highest BCUT2D eigenvalue weighted by molar-refractivity contribution is 5.56. The third-order valence-corrected chi connectivity index (χ3v) is 5.96. The third-order valence-electron chi connectivity index (χ3n) is 5.96. The van der Waals surface area contributed by atoms with Crippen molar-refractivity contribution >= 4 is 6.08 Å². The molecule has 0 radical (unpaired) electrons. The molecule has 1 aromatic heterocycles. The molecular weight excluding hydrogens is 372 g/mol. The van der Waals surface area contributed by atoms with E-state index in [1.54, 1.807) is 6.20 Å². The van der Waals surface area contributed by atoms with Crippen LogP contribution in [0.15, 0.2) is 54.6 Å². The van der Waals surface area contributed by atoms with E-state index in [4.69, 9.17) is 16.2 Å². The first-order valence-corrected chi connectivity index (χ1v) is 11.0. The molecule has 3 atom stereocenters. The molecule has 3 rings (SSSR count). The monoisotopic (exact) mass is 408 g/mol. The van der Waals surface area contributed by atoms with Gasteiger partial charge in [0.15, 0.2) is 0 Å². The number of aromatic nitrogens is 1. The summed E-state index contributed by atoms with van der Waals surface area (Å²) in [7, 11) is 2.00. The number of nitrogens with one attached hydrogen (secondary N) is 1. The van der Waals surface area contributed by atoms with Gasteiger partial charge in [0.25, 0.3) is 0 Å². The molecule has 5 nitrogen and oxygen atoms in total. The number of ether oxygens (including phenoxy) is 1. The zero-order valence-electron chi connectivity index (χ0n) is 18.5. The fraction of sp³-hybridized carbons (Fsp3) is 0.440. The summed E-state index contributed by atoms with van der Waals surface area (Å²) < 4.78 is 8.44. The van der Waals surface area contributed by atoms with Crippen LogP contribution in [0.25, 0.3) is 6.08 Å². The average Bonchev–Trinajstić information content (AvgIpc) is 3.13. The van der Waals surface area contributed by atoms with E-state index < -0.39 is 0 Å². The van der Waals surface area contributed by atoms with Crippen LogP contribution >= 0.6 is 0 Å². The number of benzene rings is 1. The Morgan fingerprint density at radius 3 is 2.63 bits per heavy atom. The predicted octanol–water partition coefficient (Wildman–Crippen LogP) is 4.84. The van der Waals surface area contributed by atoms with Crippen LogP contribution in [0.3, 0.4) is 0 Å². The van der Waals surface area contributed by atoms with Gasteiger partial charge in [0.2, 0.25) is 0 Å². The molecule has 0 spiro atoms. The van der Waals surface area contributed by atoms with Gasteiger partial charge in [0.05, 0.1) is 0 Å². The normalized spacial score (nSPS) is 18.9. The molecule has 1 aromatic carbocycles. The molecule has 5 heteroatoms. The lowest BCUT2D eigenvalue weighted by Crippen LogP contribution is -2.22. The summed E-state index contributed by atoms with van der Waals surface area (Å²) in [6.07, 6.45) is 12.2. The smallest absolute Gasteiger partial charge is 0.126 e. The van der Waals surface area contributed by atoms with E-state index in [0.717, 1.165) is 49.4 Å². The van der Waals surface area contributed by atoms with Crippen molar-refractivity contribution in [1.82, 2.24) is 9.88 Å². The zero-order valence-corrected chi connectivity index (χ0v) is 18.5. The molecule has 1 aliphatic rings. The second kappa shape index (κ2) is 10.5. The highest BCUT2D eigenvalue weighted by atomic mass is 16.5. The highest BCUT2D eigenvalue weighted by Gasteiger charge is 2.27. The molecule has 0 amide bonds. The Morgan fingerprint density at radius 2 is 2.07 bits per heavy atom. The van der Waals surface area contributed by atoms with Crippen molar-refractivity contribution in [1.29, 1.82) is 0 Å². The van der Waals surface area contributed by atoms with Gasteiger partial charge in [0, 0.05) is 36.9 Å². The van der Waals surface area contributed by atoms with Crippen molar-refractivity contribution < 1.29 is 4.74 Å². The number of nitrogens with two attached hydrogens (primary N) is 2. The minimum atomic E-state index is -0.0505. The Bertz CT molecular complexity index is 867. The number of hydrogen-bond donors (Lipinski definition) is 3. The summed E-state index contributed by atoms with van der Waals surface area (Å²) in [5.74, 6) is 2.40. The van der Waals surface area contributed by atoms with Crippen LogP contribution in [-0.2, 0) is 0 Å². The van der Waals surface area contributed by atoms with Crippen molar-refractivity contribution in [3.8, 4) is 5.75 Å². The van der Waals surface area contributed by atoms with Crippen LogP contribution < -0.4 is 21.5 Å². The van der Waals surface area contributed by atoms with E-state index in [0.29, 0.717) is 12.0 Å². The first-order chi connectivity index (χ1) is 14.6. The lowest BCUT2D eigenvalue weighted by atomic mass is 9.84. The van der Waals surface area contributed by atoms with Gasteiger partial charge >= 0.3 is 0 Å². The Morgan fingerprint density at radius 1 is 1.30 bits per heavy atom. The van der Waals surface area contributed by atoms with E-state index in [1.807, 2.05) is 43.5 Å². The van der Waals surface area contributed by atoms with E-state index in [-0.39, 0.29) is 6.04 Å². The van der Waals surface area contributed by atoms with E-state index in [1.165, 1.54) is 11.1 Å². The summed E-state index contributed by atoms with van der Waals surface area (Å²) in [6, 6.07) is 10.3. The molecular formula is C25H36N4O. The number of nitrogens with zero attached hydrogens (tertiary/aromatic N) is 1. The van der Waals surface area contributed by atoms with Gasteiger partial charge in [-0.15, -0.1) is 0 Å². The molecule has 0 aliphatic heterocycles. The van der Waals surface area contributed by atoms with Crippen LogP contribution in [0, 0.1) is 0 Å². The molecule has 1 heterocycles. The van der Waals surface area contributed by atoms with Crippen molar-refractivity contribution in [2.75, 3.05) is 13.6 Å². The molecule has 0 saturated heterocycles. The van der Waals surface area contributed by atoms with Crippen LogP contribution in [0.4, 0.5) is 0 Å².